The molecule has 0 saturated carbocycles. The Kier molecular flexibility index (Phi) is 4.71. The number of hydrogen-bond donors (Lipinski definition) is 1. The minimum Gasteiger partial charge on any atom is -0.369 e. The van der Waals surface area contributed by atoms with Crippen LogP contribution in [0.5, 0.6) is 0 Å². The summed E-state index contributed by atoms with van der Waals surface area (Å²) in [5.74, 6) is -0.147. The summed E-state index contributed by atoms with van der Waals surface area (Å²) in [6.07, 6.45) is 1.84. The van der Waals surface area contributed by atoms with Crippen LogP contribution in [0.25, 0.3) is 16.9 Å². The molecule has 0 aliphatic rings. The van der Waals surface area contributed by atoms with E-state index in [1.165, 1.54) is 22.9 Å². The maximum absolute atomic E-state index is 11.1. The first-order valence-corrected chi connectivity index (χ1v) is 8.66. The molecule has 0 aliphatic heterocycles. The highest BCUT2D eigenvalue weighted by molar-refractivity contribution is 7.99. The first-order chi connectivity index (χ1) is 11.5. The molecule has 0 atom stereocenters. The minimum absolute atomic E-state index is 0.205. The Morgan fingerprint density at radius 3 is 2.21 bits per heavy atom. The molecule has 1 aromatic heterocycles. The molecule has 0 unspecified atom stereocenters. The molecule has 122 valence electrons. The molecule has 5 heteroatoms. The van der Waals surface area contributed by atoms with Gasteiger partial charge in [0.05, 0.1) is 17.6 Å². The molecule has 0 aliphatic carbocycles. The predicted octanol–water partition coefficient (Wildman–Crippen LogP) is 3.73. The van der Waals surface area contributed by atoms with E-state index in [1.807, 2.05) is 6.20 Å². The standard InChI is InChI=1S/C19H19N3OS/c1-13-3-7-15(8-4-13)17-11-21-19(24-12-18(20)23)22(17)16-9-5-14(2)6-10-16/h3-11H,12H2,1-2H3,(H2,20,23). The second kappa shape index (κ2) is 6.93. The zero-order chi connectivity index (χ0) is 17.1. The number of carbonyl (C=O) groups excluding carboxylic acids is 1. The summed E-state index contributed by atoms with van der Waals surface area (Å²) in [7, 11) is 0. The van der Waals surface area contributed by atoms with Crippen LogP contribution < -0.4 is 5.73 Å². The number of benzene rings is 2. The van der Waals surface area contributed by atoms with E-state index in [4.69, 9.17) is 5.73 Å². The summed E-state index contributed by atoms with van der Waals surface area (Å²) in [5, 5.41) is 0.758. The SMILES string of the molecule is Cc1ccc(-c2cnc(SCC(N)=O)n2-c2ccc(C)cc2)cc1. The maximum Gasteiger partial charge on any atom is 0.227 e. The minimum atomic E-state index is -0.352. The average Bonchev–Trinajstić information content (AvgIpc) is 2.98. The second-order valence-electron chi connectivity index (χ2n) is 5.72. The van der Waals surface area contributed by atoms with Crippen molar-refractivity contribution in [1.29, 1.82) is 0 Å². The third kappa shape index (κ3) is 3.51. The van der Waals surface area contributed by atoms with Crippen LogP contribution >= 0.6 is 11.8 Å². The average molecular weight is 337 g/mol. The first-order valence-electron chi connectivity index (χ1n) is 7.67. The van der Waals surface area contributed by atoms with Crippen LogP contribution in [0.3, 0.4) is 0 Å². The summed E-state index contributed by atoms with van der Waals surface area (Å²) in [6, 6.07) is 16.6. The summed E-state index contributed by atoms with van der Waals surface area (Å²) < 4.78 is 2.07. The van der Waals surface area contributed by atoms with Gasteiger partial charge in [0.15, 0.2) is 5.16 Å². The first kappa shape index (κ1) is 16.3. The molecular weight excluding hydrogens is 318 g/mol. The predicted molar refractivity (Wildman–Crippen MR) is 98.4 cm³/mol. The monoisotopic (exact) mass is 337 g/mol. The molecule has 24 heavy (non-hydrogen) atoms. The molecule has 3 rings (SSSR count). The van der Waals surface area contributed by atoms with Gasteiger partial charge in [-0.15, -0.1) is 0 Å². The van der Waals surface area contributed by atoms with Gasteiger partial charge in [0.1, 0.15) is 0 Å². The lowest BCUT2D eigenvalue weighted by molar-refractivity contribution is -0.115. The molecule has 2 aromatic carbocycles. The molecular formula is C19H19N3OS. The van der Waals surface area contributed by atoms with Crippen molar-refractivity contribution < 1.29 is 4.79 Å². The van der Waals surface area contributed by atoms with Gasteiger partial charge in [-0.25, -0.2) is 4.98 Å². The van der Waals surface area contributed by atoms with Crippen molar-refractivity contribution in [2.75, 3.05) is 5.75 Å². The van der Waals surface area contributed by atoms with Crippen molar-refractivity contribution in [2.24, 2.45) is 5.73 Å². The third-order valence-corrected chi connectivity index (χ3v) is 4.69. The molecule has 0 saturated heterocycles. The Balaban J connectivity index is 2.09. The molecule has 0 bridgehead atoms. The summed E-state index contributed by atoms with van der Waals surface area (Å²) >= 11 is 1.35. The van der Waals surface area contributed by atoms with E-state index in [2.05, 4.69) is 71.9 Å². The fraction of sp³-hybridized carbons (Fsp3) is 0.158. The lowest BCUT2D eigenvalue weighted by atomic mass is 10.1. The van der Waals surface area contributed by atoms with Crippen molar-refractivity contribution in [3.63, 3.8) is 0 Å². The number of hydrogen-bond acceptors (Lipinski definition) is 3. The number of nitrogens with two attached hydrogens (primary N) is 1. The Morgan fingerprint density at radius 2 is 1.62 bits per heavy atom. The Labute approximate surface area is 145 Å². The number of aromatic nitrogens is 2. The van der Waals surface area contributed by atoms with Gasteiger partial charge in [-0.3, -0.25) is 9.36 Å². The van der Waals surface area contributed by atoms with E-state index < -0.39 is 0 Å². The highest BCUT2D eigenvalue weighted by atomic mass is 32.2. The number of amides is 1. The van der Waals surface area contributed by atoms with Crippen LogP contribution in [0.4, 0.5) is 0 Å². The molecule has 0 spiro atoms. The fourth-order valence-corrected chi connectivity index (χ4v) is 3.18. The van der Waals surface area contributed by atoms with Crippen molar-refractivity contribution in [2.45, 2.75) is 19.0 Å². The third-order valence-electron chi connectivity index (χ3n) is 3.71. The number of rotatable bonds is 5. The quantitative estimate of drug-likeness (QED) is 0.722. The summed E-state index contributed by atoms with van der Waals surface area (Å²) in [4.78, 5) is 15.6. The van der Waals surface area contributed by atoms with Crippen molar-refractivity contribution in [1.82, 2.24) is 9.55 Å². The Hall–Kier alpha value is -2.53. The van der Waals surface area contributed by atoms with Gasteiger partial charge in [0, 0.05) is 11.3 Å². The molecule has 4 nitrogen and oxygen atoms in total. The van der Waals surface area contributed by atoms with Crippen molar-refractivity contribution in [3.05, 3.63) is 65.9 Å². The number of carbonyl (C=O) groups is 1. The van der Waals surface area contributed by atoms with Crippen LogP contribution in [0.15, 0.2) is 59.9 Å². The maximum atomic E-state index is 11.1. The van der Waals surface area contributed by atoms with Gasteiger partial charge in [0.25, 0.3) is 0 Å². The van der Waals surface area contributed by atoms with E-state index in [0.717, 1.165) is 22.1 Å². The van der Waals surface area contributed by atoms with Gasteiger partial charge in [0.2, 0.25) is 5.91 Å². The second-order valence-corrected chi connectivity index (χ2v) is 6.66. The normalized spacial score (nSPS) is 10.8. The molecule has 3 aromatic rings. The van der Waals surface area contributed by atoms with E-state index in [9.17, 15) is 4.79 Å². The number of imidazole rings is 1. The van der Waals surface area contributed by atoms with E-state index in [-0.39, 0.29) is 11.7 Å². The van der Waals surface area contributed by atoms with E-state index >= 15 is 0 Å². The number of thioether (sulfide) groups is 1. The van der Waals surface area contributed by atoms with Crippen LogP contribution in [-0.2, 0) is 4.79 Å². The summed E-state index contributed by atoms with van der Waals surface area (Å²) in [6.45, 7) is 4.12. The van der Waals surface area contributed by atoms with Crippen molar-refractivity contribution >= 4 is 17.7 Å². The van der Waals surface area contributed by atoms with E-state index in [1.54, 1.807) is 0 Å². The Bertz CT molecular complexity index is 851. The van der Waals surface area contributed by atoms with Crippen LogP contribution in [-0.4, -0.2) is 21.2 Å². The molecule has 1 amide bonds. The highest BCUT2D eigenvalue weighted by Gasteiger charge is 2.14. The fourth-order valence-electron chi connectivity index (χ4n) is 2.44. The smallest absolute Gasteiger partial charge is 0.227 e. The van der Waals surface area contributed by atoms with Crippen LogP contribution in [0.1, 0.15) is 11.1 Å². The zero-order valence-corrected chi connectivity index (χ0v) is 14.5. The molecule has 1 heterocycles. The van der Waals surface area contributed by atoms with Gasteiger partial charge in [-0.2, -0.15) is 0 Å². The number of primary amides is 1. The van der Waals surface area contributed by atoms with Crippen molar-refractivity contribution in [3.8, 4) is 16.9 Å². The molecule has 0 radical (unpaired) electrons. The van der Waals surface area contributed by atoms with Gasteiger partial charge in [-0.05, 0) is 26.0 Å². The topological polar surface area (TPSA) is 60.9 Å². The van der Waals surface area contributed by atoms with Gasteiger partial charge in [-0.1, -0.05) is 59.3 Å². The summed E-state index contributed by atoms with van der Waals surface area (Å²) in [5.41, 5.74) is 10.8. The zero-order valence-electron chi connectivity index (χ0n) is 13.7. The van der Waals surface area contributed by atoms with Gasteiger partial charge < -0.3 is 5.73 Å². The number of nitrogens with zero attached hydrogens (tertiary/aromatic N) is 2. The lowest BCUT2D eigenvalue weighted by Crippen LogP contribution is -2.13. The van der Waals surface area contributed by atoms with Gasteiger partial charge >= 0.3 is 0 Å². The Morgan fingerprint density at radius 1 is 1.04 bits per heavy atom. The molecule has 2 N–H and O–H groups in total. The largest absolute Gasteiger partial charge is 0.369 e. The molecule has 0 fully saturated rings. The number of aryl methyl sites for hydroxylation is 2. The lowest BCUT2D eigenvalue weighted by Gasteiger charge is -2.12. The van der Waals surface area contributed by atoms with E-state index in [0.29, 0.717) is 0 Å². The van der Waals surface area contributed by atoms with Crippen LogP contribution in [0, 0.1) is 13.8 Å². The van der Waals surface area contributed by atoms with Crippen LogP contribution in [0.2, 0.25) is 0 Å². The highest BCUT2D eigenvalue weighted by Crippen LogP contribution is 2.30.